The fraction of sp³-hybridized carbons (Fsp3) is 1.00. The van der Waals surface area contributed by atoms with Crippen LogP contribution in [0.25, 0.3) is 0 Å². The Kier molecular flexibility index (Phi) is 2.09. The Morgan fingerprint density at radius 2 is 2.11 bits per heavy atom. The number of nitrogens with zero attached hydrogens (tertiary/aromatic N) is 1. The molecule has 0 aromatic heterocycles. The molecule has 0 saturated carbocycles. The average Bonchev–Trinajstić information content (AvgIpc) is 1.83. The van der Waals surface area contributed by atoms with Gasteiger partial charge in [-0.05, 0) is 20.9 Å². The zero-order valence-corrected chi connectivity index (χ0v) is 6.52. The van der Waals surface area contributed by atoms with Crippen LogP contribution in [0.1, 0.15) is 13.8 Å². The van der Waals surface area contributed by atoms with Crippen LogP contribution in [-0.2, 0) is 0 Å². The van der Waals surface area contributed by atoms with Crippen LogP contribution >= 0.6 is 0 Å². The van der Waals surface area contributed by atoms with Crippen molar-refractivity contribution in [1.29, 1.82) is 0 Å². The summed E-state index contributed by atoms with van der Waals surface area (Å²) in [6.45, 7) is 6.82. The lowest BCUT2D eigenvalue weighted by molar-refractivity contribution is 0.172. The third-order valence-electron chi connectivity index (χ3n) is 2.35. The molecule has 1 saturated heterocycles. The van der Waals surface area contributed by atoms with Crippen molar-refractivity contribution in [3.8, 4) is 0 Å². The molecule has 1 N–H and O–H groups in total. The standard InChI is InChI=1S/C7H16N2/c1-6-7(2)9(3)5-4-8-6/h6-8H,4-5H2,1-3H3/t6?,7-/m0/s1. The number of rotatable bonds is 0. The van der Waals surface area contributed by atoms with Gasteiger partial charge in [-0.2, -0.15) is 0 Å². The lowest BCUT2D eigenvalue weighted by Gasteiger charge is -2.35. The van der Waals surface area contributed by atoms with Crippen molar-refractivity contribution in [3.05, 3.63) is 0 Å². The molecule has 0 aromatic carbocycles. The van der Waals surface area contributed by atoms with Gasteiger partial charge in [-0.1, -0.05) is 0 Å². The van der Waals surface area contributed by atoms with E-state index in [4.69, 9.17) is 0 Å². The third-order valence-corrected chi connectivity index (χ3v) is 2.35. The van der Waals surface area contributed by atoms with Crippen LogP contribution in [-0.4, -0.2) is 37.1 Å². The Morgan fingerprint density at radius 3 is 2.56 bits per heavy atom. The van der Waals surface area contributed by atoms with Crippen LogP contribution in [0.5, 0.6) is 0 Å². The molecule has 54 valence electrons. The largest absolute Gasteiger partial charge is 0.311 e. The van der Waals surface area contributed by atoms with Crippen molar-refractivity contribution in [2.75, 3.05) is 20.1 Å². The first kappa shape index (κ1) is 7.03. The number of piperazine rings is 1. The number of nitrogens with one attached hydrogen (secondary N) is 1. The smallest absolute Gasteiger partial charge is 0.0215 e. The third kappa shape index (κ3) is 1.43. The van der Waals surface area contributed by atoms with Gasteiger partial charge in [0.05, 0.1) is 0 Å². The van der Waals surface area contributed by atoms with Crippen molar-refractivity contribution in [2.24, 2.45) is 0 Å². The van der Waals surface area contributed by atoms with Crippen molar-refractivity contribution < 1.29 is 0 Å². The Hall–Kier alpha value is -0.0800. The van der Waals surface area contributed by atoms with E-state index in [9.17, 15) is 0 Å². The summed E-state index contributed by atoms with van der Waals surface area (Å²) in [7, 11) is 2.18. The predicted octanol–water partition coefficient (Wildman–Crippen LogP) is 0.298. The highest BCUT2D eigenvalue weighted by molar-refractivity contribution is 4.80. The summed E-state index contributed by atoms with van der Waals surface area (Å²) in [5.41, 5.74) is 0. The number of likely N-dealkylation sites (N-methyl/N-ethyl adjacent to an activating group) is 1. The Labute approximate surface area is 57.2 Å². The lowest BCUT2D eigenvalue weighted by atomic mass is 10.1. The zero-order valence-electron chi connectivity index (χ0n) is 6.52. The highest BCUT2D eigenvalue weighted by Gasteiger charge is 2.19. The van der Waals surface area contributed by atoms with E-state index in [0.717, 1.165) is 6.54 Å². The molecule has 1 rings (SSSR count). The molecule has 1 aliphatic heterocycles. The molecule has 0 amide bonds. The highest BCUT2D eigenvalue weighted by Crippen LogP contribution is 2.04. The van der Waals surface area contributed by atoms with Gasteiger partial charge in [-0.3, -0.25) is 0 Å². The van der Waals surface area contributed by atoms with Gasteiger partial charge < -0.3 is 10.2 Å². The average molecular weight is 128 g/mol. The second-order valence-corrected chi connectivity index (χ2v) is 2.96. The molecular weight excluding hydrogens is 112 g/mol. The monoisotopic (exact) mass is 128 g/mol. The van der Waals surface area contributed by atoms with Crippen LogP contribution in [0.15, 0.2) is 0 Å². The van der Waals surface area contributed by atoms with Gasteiger partial charge in [0.15, 0.2) is 0 Å². The molecular formula is C7H16N2. The summed E-state index contributed by atoms with van der Waals surface area (Å²) in [6.07, 6.45) is 0. The van der Waals surface area contributed by atoms with Crippen LogP contribution in [0.4, 0.5) is 0 Å². The highest BCUT2D eigenvalue weighted by atomic mass is 15.2. The van der Waals surface area contributed by atoms with E-state index in [1.165, 1.54) is 6.54 Å². The van der Waals surface area contributed by atoms with Gasteiger partial charge in [0.1, 0.15) is 0 Å². The van der Waals surface area contributed by atoms with E-state index in [-0.39, 0.29) is 0 Å². The van der Waals surface area contributed by atoms with Gasteiger partial charge in [0.2, 0.25) is 0 Å². The van der Waals surface area contributed by atoms with Crippen LogP contribution < -0.4 is 5.32 Å². The van der Waals surface area contributed by atoms with Crippen LogP contribution in [0.3, 0.4) is 0 Å². The van der Waals surface area contributed by atoms with E-state index < -0.39 is 0 Å². The molecule has 0 spiro atoms. The molecule has 0 bridgehead atoms. The topological polar surface area (TPSA) is 15.3 Å². The Morgan fingerprint density at radius 1 is 1.44 bits per heavy atom. The van der Waals surface area contributed by atoms with Gasteiger partial charge in [-0.25, -0.2) is 0 Å². The normalized spacial score (nSPS) is 39.0. The Balaban J connectivity index is 2.41. The van der Waals surface area contributed by atoms with E-state index in [1.807, 2.05) is 0 Å². The van der Waals surface area contributed by atoms with Crippen molar-refractivity contribution in [3.63, 3.8) is 0 Å². The summed E-state index contributed by atoms with van der Waals surface area (Å²) in [6, 6.07) is 1.35. The molecule has 1 unspecified atom stereocenters. The fourth-order valence-electron chi connectivity index (χ4n) is 1.22. The minimum Gasteiger partial charge on any atom is -0.311 e. The van der Waals surface area contributed by atoms with Crippen LogP contribution in [0.2, 0.25) is 0 Å². The minimum absolute atomic E-state index is 0.656. The van der Waals surface area contributed by atoms with E-state index in [0.29, 0.717) is 12.1 Å². The first-order valence-corrected chi connectivity index (χ1v) is 3.65. The zero-order chi connectivity index (χ0) is 6.85. The summed E-state index contributed by atoms with van der Waals surface area (Å²) in [5, 5.41) is 3.42. The summed E-state index contributed by atoms with van der Waals surface area (Å²) >= 11 is 0. The van der Waals surface area contributed by atoms with Gasteiger partial charge >= 0.3 is 0 Å². The van der Waals surface area contributed by atoms with Crippen LogP contribution in [0, 0.1) is 0 Å². The first-order chi connectivity index (χ1) is 4.22. The van der Waals surface area contributed by atoms with E-state index in [2.05, 4.69) is 31.1 Å². The second-order valence-electron chi connectivity index (χ2n) is 2.96. The maximum Gasteiger partial charge on any atom is 0.0215 e. The SMILES string of the molecule is CC1NCCN(C)[C@H]1C. The van der Waals surface area contributed by atoms with Crippen molar-refractivity contribution in [2.45, 2.75) is 25.9 Å². The first-order valence-electron chi connectivity index (χ1n) is 3.65. The molecule has 0 aliphatic carbocycles. The molecule has 0 aromatic rings. The molecule has 1 heterocycles. The molecule has 1 aliphatic rings. The summed E-state index contributed by atoms with van der Waals surface area (Å²) < 4.78 is 0. The van der Waals surface area contributed by atoms with E-state index >= 15 is 0 Å². The second kappa shape index (κ2) is 2.67. The Bertz CT molecular complexity index is 82.9. The van der Waals surface area contributed by atoms with Gasteiger partial charge in [-0.15, -0.1) is 0 Å². The maximum atomic E-state index is 3.42. The quantitative estimate of drug-likeness (QED) is 0.504. The lowest BCUT2D eigenvalue weighted by Crippen LogP contribution is -2.53. The van der Waals surface area contributed by atoms with E-state index in [1.54, 1.807) is 0 Å². The van der Waals surface area contributed by atoms with Gasteiger partial charge in [0, 0.05) is 25.2 Å². The van der Waals surface area contributed by atoms with Gasteiger partial charge in [0.25, 0.3) is 0 Å². The summed E-state index contributed by atoms with van der Waals surface area (Å²) in [4.78, 5) is 2.39. The molecule has 9 heavy (non-hydrogen) atoms. The summed E-state index contributed by atoms with van der Waals surface area (Å²) in [5.74, 6) is 0. The van der Waals surface area contributed by atoms with Crippen molar-refractivity contribution in [1.82, 2.24) is 10.2 Å². The minimum atomic E-state index is 0.656. The number of hydrogen-bond acceptors (Lipinski definition) is 2. The molecule has 0 radical (unpaired) electrons. The van der Waals surface area contributed by atoms with Crippen molar-refractivity contribution >= 4 is 0 Å². The maximum absolute atomic E-state index is 3.42. The molecule has 2 nitrogen and oxygen atoms in total. The predicted molar refractivity (Wildman–Crippen MR) is 39.6 cm³/mol. The molecule has 2 heteroatoms. The molecule has 1 fully saturated rings. The molecule has 2 atom stereocenters. The number of hydrogen-bond donors (Lipinski definition) is 1. The fourth-order valence-corrected chi connectivity index (χ4v) is 1.22.